The molecule has 42 heavy (non-hydrogen) atoms. The van der Waals surface area contributed by atoms with Crippen LogP contribution in [-0.2, 0) is 0 Å². The molecule has 0 aliphatic carbocycles. The van der Waals surface area contributed by atoms with Gasteiger partial charge < -0.3 is 9.13 Å². The predicted molar refractivity (Wildman–Crippen MR) is 178 cm³/mol. The summed E-state index contributed by atoms with van der Waals surface area (Å²) >= 11 is 0. The van der Waals surface area contributed by atoms with Crippen molar-refractivity contribution in [2.24, 2.45) is 0 Å². The van der Waals surface area contributed by atoms with Crippen LogP contribution in [0.2, 0.25) is 0 Å². The maximum Gasteiger partial charge on any atom is 0.0562 e. The topological polar surface area (TPSA) is 9.86 Å². The van der Waals surface area contributed by atoms with Crippen molar-refractivity contribution in [2.75, 3.05) is 0 Å². The van der Waals surface area contributed by atoms with Crippen LogP contribution in [-0.4, -0.2) is 9.13 Å². The van der Waals surface area contributed by atoms with E-state index in [4.69, 9.17) is 0 Å². The van der Waals surface area contributed by atoms with Crippen LogP contribution in [0.25, 0.3) is 76.8 Å². The van der Waals surface area contributed by atoms with Gasteiger partial charge in [0.05, 0.1) is 16.6 Å². The molecule has 2 heteroatoms. The quantitative estimate of drug-likeness (QED) is 0.200. The van der Waals surface area contributed by atoms with Crippen LogP contribution in [0.5, 0.6) is 0 Å². The highest BCUT2D eigenvalue weighted by atomic mass is 15.0. The Labute approximate surface area is 243 Å². The van der Waals surface area contributed by atoms with Gasteiger partial charge in [0.2, 0.25) is 0 Å². The lowest BCUT2D eigenvalue weighted by molar-refractivity contribution is 1.12. The van der Waals surface area contributed by atoms with E-state index >= 15 is 0 Å². The number of aromatic nitrogens is 2. The summed E-state index contributed by atoms with van der Waals surface area (Å²) in [7, 11) is 0. The van der Waals surface area contributed by atoms with Crippen molar-refractivity contribution in [1.82, 2.24) is 9.13 Å². The van der Waals surface area contributed by atoms with E-state index in [0.29, 0.717) is 0 Å². The molecule has 7 aromatic carbocycles. The summed E-state index contributed by atoms with van der Waals surface area (Å²) in [5.74, 6) is 0. The van der Waals surface area contributed by atoms with E-state index in [1.54, 1.807) is 0 Å². The molecule has 2 heterocycles. The summed E-state index contributed by atoms with van der Waals surface area (Å²) in [5.41, 5.74) is 8.39. The molecule has 0 fully saturated rings. The van der Waals surface area contributed by atoms with E-state index in [1.807, 2.05) is 0 Å². The number of nitrogens with zero attached hydrogens (tertiary/aromatic N) is 2. The minimum absolute atomic E-state index is 1.16. The fourth-order valence-electron chi connectivity index (χ4n) is 6.63. The fraction of sp³-hybridized carbons (Fsp3) is 0. The van der Waals surface area contributed by atoms with Gasteiger partial charge in [-0.1, -0.05) is 84.9 Å². The van der Waals surface area contributed by atoms with E-state index in [0.717, 1.165) is 5.69 Å². The Balaban J connectivity index is 1.25. The fourth-order valence-corrected chi connectivity index (χ4v) is 6.63. The van der Waals surface area contributed by atoms with Gasteiger partial charge in [0.25, 0.3) is 0 Å². The molecule has 0 unspecified atom stereocenters. The summed E-state index contributed by atoms with van der Waals surface area (Å²) in [6.07, 6.45) is 2.18. The number of hydrogen-bond donors (Lipinski definition) is 0. The molecule has 9 rings (SSSR count). The van der Waals surface area contributed by atoms with Crippen molar-refractivity contribution in [3.8, 4) is 22.5 Å². The summed E-state index contributed by atoms with van der Waals surface area (Å²) in [6, 6.07) is 55.2. The zero-order valence-corrected chi connectivity index (χ0v) is 22.9. The normalized spacial score (nSPS) is 11.8. The first-order valence-corrected chi connectivity index (χ1v) is 14.4. The Morgan fingerprint density at radius 1 is 0.333 bits per heavy atom. The van der Waals surface area contributed by atoms with E-state index in [1.165, 1.54) is 71.1 Å². The Morgan fingerprint density at radius 3 is 1.93 bits per heavy atom. The first-order chi connectivity index (χ1) is 20.8. The van der Waals surface area contributed by atoms with Gasteiger partial charge in [-0.05, 0) is 99.4 Å². The van der Waals surface area contributed by atoms with Crippen LogP contribution in [0.1, 0.15) is 0 Å². The van der Waals surface area contributed by atoms with E-state index in [9.17, 15) is 0 Å². The molecule has 196 valence electrons. The largest absolute Gasteiger partial charge is 0.316 e. The van der Waals surface area contributed by atoms with Gasteiger partial charge in [0.1, 0.15) is 0 Å². The number of fused-ring (bicyclic) bond motifs is 6. The first-order valence-electron chi connectivity index (χ1n) is 14.4. The van der Waals surface area contributed by atoms with Crippen molar-refractivity contribution in [3.05, 3.63) is 158 Å². The van der Waals surface area contributed by atoms with Gasteiger partial charge in [-0.15, -0.1) is 0 Å². The SMILES string of the molecule is c1ccc(-n2ccc3cc4c5ccccc5n(-c5cccc(-c6ccc7cc8ccccc8cc7c6)c5)c4cc32)cc1. The van der Waals surface area contributed by atoms with Gasteiger partial charge in [-0.2, -0.15) is 0 Å². The minimum Gasteiger partial charge on any atom is -0.316 e. The van der Waals surface area contributed by atoms with E-state index in [-0.39, 0.29) is 0 Å². The van der Waals surface area contributed by atoms with Crippen molar-refractivity contribution in [3.63, 3.8) is 0 Å². The summed E-state index contributed by atoms with van der Waals surface area (Å²) in [4.78, 5) is 0. The maximum absolute atomic E-state index is 2.42. The molecule has 0 bridgehead atoms. The number of rotatable bonds is 3. The summed E-state index contributed by atoms with van der Waals surface area (Å²) < 4.78 is 4.70. The lowest BCUT2D eigenvalue weighted by atomic mass is 9.98. The van der Waals surface area contributed by atoms with Crippen LogP contribution >= 0.6 is 0 Å². The Kier molecular flexibility index (Phi) is 4.93. The summed E-state index contributed by atoms with van der Waals surface area (Å²) in [6.45, 7) is 0. The lowest BCUT2D eigenvalue weighted by Gasteiger charge is -2.12. The molecule has 2 aromatic heterocycles. The van der Waals surface area contributed by atoms with Crippen LogP contribution < -0.4 is 0 Å². The average molecular weight is 535 g/mol. The number of hydrogen-bond acceptors (Lipinski definition) is 0. The Bertz CT molecular complexity index is 2460. The second-order valence-corrected chi connectivity index (χ2v) is 11.1. The van der Waals surface area contributed by atoms with Crippen molar-refractivity contribution < 1.29 is 0 Å². The highest BCUT2D eigenvalue weighted by Crippen LogP contribution is 2.37. The highest BCUT2D eigenvalue weighted by molar-refractivity contribution is 6.13. The molecule has 0 amide bonds. The maximum atomic E-state index is 2.42. The molecule has 0 spiro atoms. The molecule has 0 N–H and O–H groups in total. The third-order valence-corrected chi connectivity index (χ3v) is 8.66. The van der Waals surface area contributed by atoms with Crippen LogP contribution in [0.15, 0.2) is 158 Å². The first kappa shape index (κ1) is 23.1. The second-order valence-electron chi connectivity index (χ2n) is 11.1. The Morgan fingerprint density at radius 2 is 1.05 bits per heavy atom. The van der Waals surface area contributed by atoms with Crippen LogP contribution in [0.4, 0.5) is 0 Å². The molecule has 0 saturated carbocycles. The average Bonchev–Trinajstić information content (AvgIpc) is 3.61. The molecule has 2 nitrogen and oxygen atoms in total. The monoisotopic (exact) mass is 534 g/mol. The smallest absolute Gasteiger partial charge is 0.0562 e. The molecule has 0 atom stereocenters. The molecule has 0 aliphatic heterocycles. The third-order valence-electron chi connectivity index (χ3n) is 8.66. The van der Waals surface area contributed by atoms with Gasteiger partial charge in [-0.3, -0.25) is 0 Å². The molecule has 9 aromatic rings. The standard InChI is InChI=1S/C40H26N2/c1-2-12-34(13-3-1)41-20-19-32-25-37-36-15-6-7-16-38(36)42(40(37)26-39(32)41)35-14-8-11-29(24-35)30-17-18-31-21-27-9-4-5-10-28(27)22-33(31)23-30/h1-26H. The van der Waals surface area contributed by atoms with Crippen molar-refractivity contribution in [2.45, 2.75) is 0 Å². The number of para-hydroxylation sites is 2. The van der Waals surface area contributed by atoms with Gasteiger partial charge in [0, 0.05) is 33.7 Å². The van der Waals surface area contributed by atoms with Gasteiger partial charge in [0.15, 0.2) is 0 Å². The highest BCUT2D eigenvalue weighted by Gasteiger charge is 2.15. The zero-order chi connectivity index (χ0) is 27.6. The zero-order valence-electron chi connectivity index (χ0n) is 22.9. The molecular weight excluding hydrogens is 508 g/mol. The predicted octanol–water partition coefficient (Wildman–Crippen LogP) is 10.7. The van der Waals surface area contributed by atoms with Gasteiger partial charge in [-0.25, -0.2) is 0 Å². The lowest BCUT2D eigenvalue weighted by Crippen LogP contribution is -1.95. The molecule has 0 aliphatic rings. The third kappa shape index (κ3) is 3.52. The molecular formula is C40H26N2. The number of benzene rings is 7. The van der Waals surface area contributed by atoms with E-state index in [2.05, 4.69) is 167 Å². The summed E-state index contributed by atoms with van der Waals surface area (Å²) in [5, 5.41) is 8.86. The second kappa shape index (κ2) is 8.95. The van der Waals surface area contributed by atoms with Crippen LogP contribution in [0.3, 0.4) is 0 Å². The van der Waals surface area contributed by atoms with Gasteiger partial charge >= 0.3 is 0 Å². The minimum atomic E-state index is 1.16. The van der Waals surface area contributed by atoms with Crippen molar-refractivity contribution >= 4 is 54.3 Å². The van der Waals surface area contributed by atoms with Crippen LogP contribution in [0, 0.1) is 0 Å². The van der Waals surface area contributed by atoms with E-state index < -0.39 is 0 Å². The Hall–Kier alpha value is -5.60. The molecule has 0 saturated heterocycles. The molecule has 0 radical (unpaired) electrons. The van der Waals surface area contributed by atoms with Crippen molar-refractivity contribution in [1.29, 1.82) is 0 Å².